The number of phenolic OH excluding ortho intramolecular Hbond substituents is 1. The fourth-order valence-electron chi connectivity index (χ4n) is 1.66. The van der Waals surface area contributed by atoms with Gasteiger partial charge in [0, 0.05) is 19.0 Å². The number of rotatable bonds is 6. The standard InChI is InChI=1S/C13H16N2O4/c16-11-4-1-8(13(18)19)7-10(11)15-12(17)5-6-14-9-2-3-9/h1,4,7,9,14,16H,2-3,5-6H2,(H,15,17)(H,18,19). The van der Waals surface area contributed by atoms with Crippen molar-refractivity contribution < 1.29 is 19.8 Å². The summed E-state index contributed by atoms with van der Waals surface area (Å²) in [6.07, 6.45) is 2.60. The van der Waals surface area contributed by atoms with Crippen LogP contribution in [0.2, 0.25) is 0 Å². The van der Waals surface area contributed by atoms with Crippen LogP contribution in [0.15, 0.2) is 18.2 Å². The summed E-state index contributed by atoms with van der Waals surface area (Å²) in [6, 6.07) is 4.31. The van der Waals surface area contributed by atoms with Crippen molar-refractivity contribution in [2.45, 2.75) is 25.3 Å². The highest BCUT2D eigenvalue weighted by atomic mass is 16.4. The Kier molecular flexibility index (Phi) is 4.01. The van der Waals surface area contributed by atoms with Crippen molar-refractivity contribution in [2.75, 3.05) is 11.9 Å². The lowest BCUT2D eigenvalue weighted by Gasteiger charge is -2.08. The zero-order valence-corrected chi connectivity index (χ0v) is 10.3. The number of phenols is 1. The molecule has 0 aliphatic heterocycles. The van der Waals surface area contributed by atoms with Gasteiger partial charge < -0.3 is 20.8 Å². The number of carbonyl (C=O) groups excluding carboxylic acids is 1. The maximum absolute atomic E-state index is 11.6. The molecule has 0 bridgehead atoms. The van der Waals surface area contributed by atoms with Crippen LogP contribution in [0.25, 0.3) is 0 Å². The van der Waals surface area contributed by atoms with Gasteiger partial charge in [0.2, 0.25) is 5.91 Å². The average Bonchev–Trinajstić information content (AvgIpc) is 3.15. The molecule has 19 heavy (non-hydrogen) atoms. The number of carboxylic acid groups (broad SMARTS) is 1. The SMILES string of the molecule is O=C(CCNC1CC1)Nc1cc(C(=O)O)ccc1O. The molecule has 6 nitrogen and oxygen atoms in total. The molecule has 1 aliphatic rings. The van der Waals surface area contributed by atoms with E-state index >= 15 is 0 Å². The number of hydrogen-bond donors (Lipinski definition) is 4. The third-order valence-electron chi connectivity index (χ3n) is 2.88. The molecule has 0 radical (unpaired) electrons. The number of aromatic hydroxyl groups is 1. The number of nitrogens with one attached hydrogen (secondary N) is 2. The van der Waals surface area contributed by atoms with Gasteiger partial charge in [0.25, 0.3) is 0 Å². The molecule has 1 aromatic rings. The van der Waals surface area contributed by atoms with Crippen molar-refractivity contribution in [3.63, 3.8) is 0 Å². The normalized spacial score (nSPS) is 14.1. The van der Waals surface area contributed by atoms with Crippen LogP contribution < -0.4 is 10.6 Å². The molecule has 0 aromatic heterocycles. The quantitative estimate of drug-likeness (QED) is 0.578. The molecule has 1 fully saturated rings. The van der Waals surface area contributed by atoms with Crippen molar-refractivity contribution in [3.05, 3.63) is 23.8 Å². The molecule has 0 spiro atoms. The monoisotopic (exact) mass is 264 g/mol. The van der Waals surface area contributed by atoms with Crippen LogP contribution in [0, 0.1) is 0 Å². The maximum Gasteiger partial charge on any atom is 0.335 e. The molecule has 1 amide bonds. The van der Waals surface area contributed by atoms with E-state index < -0.39 is 5.97 Å². The van der Waals surface area contributed by atoms with Crippen LogP contribution in [-0.2, 0) is 4.79 Å². The number of carbonyl (C=O) groups is 2. The number of anilines is 1. The minimum Gasteiger partial charge on any atom is -0.506 e. The van der Waals surface area contributed by atoms with E-state index in [2.05, 4.69) is 10.6 Å². The average molecular weight is 264 g/mol. The first-order valence-corrected chi connectivity index (χ1v) is 6.16. The smallest absolute Gasteiger partial charge is 0.335 e. The zero-order valence-electron chi connectivity index (χ0n) is 10.3. The third-order valence-corrected chi connectivity index (χ3v) is 2.88. The fraction of sp³-hybridized carbons (Fsp3) is 0.385. The van der Waals surface area contributed by atoms with Gasteiger partial charge in [-0.15, -0.1) is 0 Å². The summed E-state index contributed by atoms with van der Waals surface area (Å²) >= 11 is 0. The second-order valence-electron chi connectivity index (χ2n) is 4.56. The lowest BCUT2D eigenvalue weighted by molar-refractivity contribution is -0.116. The lowest BCUT2D eigenvalue weighted by Crippen LogP contribution is -2.23. The van der Waals surface area contributed by atoms with Crippen molar-refractivity contribution in [2.24, 2.45) is 0 Å². The summed E-state index contributed by atoms with van der Waals surface area (Å²) in [5.74, 6) is -1.51. The van der Waals surface area contributed by atoms with Crippen LogP contribution >= 0.6 is 0 Å². The summed E-state index contributed by atoms with van der Waals surface area (Å²) in [4.78, 5) is 22.4. The maximum atomic E-state index is 11.6. The molecule has 4 N–H and O–H groups in total. The number of amides is 1. The van der Waals surface area contributed by atoms with Gasteiger partial charge >= 0.3 is 5.97 Å². The Morgan fingerprint density at radius 2 is 2.05 bits per heavy atom. The Labute approximate surface area is 110 Å². The molecule has 0 saturated heterocycles. The van der Waals surface area contributed by atoms with Crippen LogP contribution in [-0.4, -0.2) is 34.7 Å². The zero-order chi connectivity index (χ0) is 13.8. The Morgan fingerprint density at radius 1 is 1.32 bits per heavy atom. The summed E-state index contributed by atoms with van der Waals surface area (Å²) in [5, 5.41) is 24.1. The molecular formula is C13H16N2O4. The van der Waals surface area contributed by atoms with E-state index in [9.17, 15) is 14.7 Å². The highest BCUT2D eigenvalue weighted by Gasteiger charge is 2.20. The minimum absolute atomic E-state index is 0.0178. The van der Waals surface area contributed by atoms with E-state index in [1.165, 1.54) is 18.2 Å². The number of hydrogen-bond acceptors (Lipinski definition) is 4. The molecule has 0 atom stereocenters. The summed E-state index contributed by atoms with van der Waals surface area (Å²) in [6.45, 7) is 0.579. The van der Waals surface area contributed by atoms with Gasteiger partial charge in [-0.2, -0.15) is 0 Å². The molecule has 102 valence electrons. The van der Waals surface area contributed by atoms with E-state index in [-0.39, 0.29) is 29.3 Å². The first kappa shape index (κ1) is 13.4. The van der Waals surface area contributed by atoms with Gasteiger partial charge in [0.05, 0.1) is 11.3 Å². The van der Waals surface area contributed by atoms with Gasteiger partial charge in [0.15, 0.2) is 0 Å². The molecule has 0 unspecified atom stereocenters. The first-order valence-electron chi connectivity index (χ1n) is 6.16. The van der Waals surface area contributed by atoms with Crippen molar-refractivity contribution >= 4 is 17.6 Å². The van der Waals surface area contributed by atoms with E-state index in [4.69, 9.17) is 5.11 Å². The van der Waals surface area contributed by atoms with Crippen molar-refractivity contribution in [1.82, 2.24) is 5.32 Å². The van der Waals surface area contributed by atoms with E-state index in [0.717, 1.165) is 12.8 Å². The fourth-order valence-corrected chi connectivity index (χ4v) is 1.66. The molecule has 1 aliphatic carbocycles. The highest BCUT2D eigenvalue weighted by molar-refractivity contribution is 5.95. The lowest BCUT2D eigenvalue weighted by atomic mass is 10.2. The Balaban J connectivity index is 1.90. The van der Waals surface area contributed by atoms with Crippen LogP contribution in [0.1, 0.15) is 29.6 Å². The van der Waals surface area contributed by atoms with Crippen molar-refractivity contribution in [3.8, 4) is 5.75 Å². The molecule has 1 saturated carbocycles. The number of benzene rings is 1. The predicted molar refractivity (Wildman–Crippen MR) is 69.3 cm³/mol. The first-order chi connectivity index (χ1) is 9.06. The van der Waals surface area contributed by atoms with E-state index in [0.29, 0.717) is 12.6 Å². The van der Waals surface area contributed by atoms with E-state index in [1.54, 1.807) is 0 Å². The second kappa shape index (κ2) is 5.71. The van der Waals surface area contributed by atoms with Crippen LogP contribution in [0.5, 0.6) is 5.75 Å². The third kappa shape index (κ3) is 3.96. The Morgan fingerprint density at radius 3 is 2.68 bits per heavy atom. The van der Waals surface area contributed by atoms with Crippen LogP contribution in [0.3, 0.4) is 0 Å². The number of carboxylic acids is 1. The summed E-state index contributed by atoms with van der Waals surface area (Å²) < 4.78 is 0. The highest BCUT2D eigenvalue weighted by Crippen LogP contribution is 2.24. The topological polar surface area (TPSA) is 98.7 Å². The predicted octanol–water partition coefficient (Wildman–Crippen LogP) is 1.17. The van der Waals surface area contributed by atoms with Gasteiger partial charge in [-0.25, -0.2) is 4.79 Å². The largest absolute Gasteiger partial charge is 0.506 e. The molecule has 2 rings (SSSR count). The van der Waals surface area contributed by atoms with Crippen LogP contribution in [0.4, 0.5) is 5.69 Å². The Hall–Kier alpha value is -2.08. The molecule has 0 heterocycles. The van der Waals surface area contributed by atoms with Gasteiger partial charge in [-0.05, 0) is 31.0 Å². The molecule has 6 heteroatoms. The van der Waals surface area contributed by atoms with Gasteiger partial charge in [0.1, 0.15) is 5.75 Å². The molecular weight excluding hydrogens is 248 g/mol. The Bertz CT molecular complexity index is 497. The summed E-state index contributed by atoms with van der Waals surface area (Å²) in [5.41, 5.74) is 0.139. The molecule has 1 aromatic carbocycles. The van der Waals surface area contributed by atoms with Gasteiger partial charge in [-0.1, -0.05) is 0 Å². The van der Waals surface area contributed by atoms with Crippen molar-refractivity contribution in [1.29, 1.82) is 0 Å². The summed E-state index contributed by atoms with van der Waals surface area (Å²) in [7, 11) is 0. The van der Waals surface area contributed by atoms with E-state index in [1.807, 2.05) is 0 Å². The minimum atomic E-state index is -1.11. The number of aromatic carboxylic acids is 1. The van der Waals surface area contributed by atoms with Gasteiger partial charge in [-0.3, -0.25) is 4.79 Å². The second-order valence-corrected chi connectivity index (χ2v) is 4.56.